The highest BCUT2D eigenvalue weighted by Gasteiger charge is 2.36. The van der Waals surface area contributed by atoms with Gasteiger partial charge in [-0.1, -0.05) is 6.92 Å². The second-order valence-corrected chi connectivity index (χ2v) is 3.20. The third-order valence-electron chi connectivity index (χ3n) is 2.44. The van der Waals surface area contributed by atoms with Crippen molar-refractivity contribution in [2.45, 2.75) is 31.7 Å². The Morgan fingerprint density at radius 3 is 2.50 bits per heavy atom. The Kier molecular flexibility index (Phi) is 3.46. The van der Waals surface area contributed by atoms with Crippen LogP contribution in [0.25, 0.3) is 0 Å². The van der Waals surface area contributed by atoms with Crippen LogP contribution in [0.4, 0.5) is 0 Å². The Morgan fingerprint density at radius 2 is 2.00 bits per heavy atom. The molecule has 0 aliphatic carbocycles. The molecule has 4 nitrogen and oxygen atoms in total. The van der Waals surface area contributed by atoms with E-state index in [2.05, 4.69) is 0 Å². The summed E-state index contributed by atoms with van der Waals surface area (Å²) in [7, 11) is 0. The lowest BCUT2D eigenvalue weighted by atomic mass is 9.91. The van der Waals surface area contributed by atoms with Gasteiger partial charge >= 0.3 is 0 Å². The molecule has 0 amide bonds. The van der Waals surface area contributed by atoms with Crippen molar-refractivity contribution < 1.29 is 20.1 Å². The molecule has 1 heterocycles. The van der Waals surface area contributed by atoms with Crippen molar-refractivity contribution in [1.29, 1.82) is 0 Å². The van der Waals surface area contributed by atoms with E-state index in [9.17, 15) is 10.2 Å². The smallest absolute Gasteiger partial charge is 0.109 e. The molecule has 1 aliphatic heterocycles. The van der Waals surface area contributed by atoms with Gasteiger partial charge in [0.1, 0.15) is 12.2 Å². The zero-order valence-electron chi connectivity index (χ0n) is 7.18. The van der Waals surface area contributed by atoms with Gasteiger partial charge in [-0.15, -0.1) is 0 Å². The van der Waals surface area contributed by atoms with Gasteiger partial charge in [-0.2, -0.15) is 0 Å². The van der Waals surface area contributed by atoms with Crippen LogP contribution in [0.2, 0.25) is 0 Å². The quantitative estimate of drug-likeness (QED) is 0.511. The van der Waals surface area contributed by atoms with E-state index in [0.29, 0.717) is 6.61 Å². The van der Waals surface area contributed by atoms with E-state index in [0.717, 1.165) is 6.42 Å². The Hall–Kier alpha value is -0.160. The summed E-state index contributed by atoms with van der Waals surface area (Å²) in [6.45, 7) is 2.11. The lowest BCUT2D eigenvalue weighted by Gasteiger charge is -2.36. The molecule has 4 heteroatoms. The van der Waals surface area contributed by atoms with Gasteiger partial charge in [-0.3, -0.25) is 0 Å². The van der Waals surface area contributed by atoms with E-state index in [-0.39, 0.29) is 12.5 Å². The van der Waals surface area contributed by atoms with E-state index in [4.69, 9.17) is 9.84 Å². The monoisotopic (exact) mass is 176 g/mol. The Bertz CT molecular complexity index is 123. The fourth-order valence-corrected chi connectivity index (χ4v) is 1.46. The molecule has 0 saturated carbocycles. The summed E-state index contributed by atoms with van der Waals surface area (Å²) < 4.78 is 5.15. The fraction of sp³-hybridized carbons (Fsp3) is 1.00. The first-order valence-corrected chi connectivity index (χ1v) is 4.29. The average Bonchev–Trinajstić information content (AvgIpc) is 2.10. The molecule has 1 saturated heterocycles. The average molecular weight is 176 g/mol. The first-order chi connectivity index (χ1) is 5.70. The first-order valence-electron chi connectivity index (χ1n) is 4.29. The lowest BCUT2D eigenvalue weighted by Crippen LogP contribution is -2.51. The van der Waals surface area contributed by atoms with Gasteiger partial charge in [0.2, 0.25) is 0 Å². The number of hydrogen-bond acceptors (Lipinski definition) is 4. The van der Waals surface area contributed by atoms with Crippen molar-refractivity contribution in [3.63, 3.8) is 0 Å². The third-order valence-corrected chi connectivity index (χ3v) is 2.44. The molecule has 0 aromatic carbocycles. The Labute approximate surface area is 71.8 Å². The molecule has 0 radical (unpaired) electrons. The number of hydrogen-bond donors (Lipinski definition) is 3. The summed E-state index contributed by atoms with van der Waals surface area (Å²) >= 11 is 0. The zero-order valence-corrected chi connectivity index (χ0v) is 7.18. The topological polar surface area (TPSA) is 69.9 Å². The molecule has 4 atom stereocenters. The number of aliphatic hydroxyl groups is 3. The van der Waals surface area contributed by atoms with Gasteiger partial charge in [0.25, 0.3) is 0 Å². The van der Waals surface area contributed by atoms with Gasteiger partial charge in [0.05, 0.1) is 19.3 Å². The van der Waals surface area contributed by atoms with E-state index >= 15 is 0 Å². The van der Waals surface area contributed by atoms with E-state index < -0.39 is 18.3 Å². The Balaban J connectivity index is 2.52. The SMILES string of the molecule is CCC1COC(CO)C(O)[C@@H]1O. The van der Waals surface area contributed by atoms with Gasteiger partial charge < -0.3 is 20.1 Å². The normalized spacial score (nSPS) is 43.0. The number of rotatable bonds is 2. The van der Waals surface area contributed by atoms with Gasteiger partial charge in [0, 0.05) is 5.92 Å². The summed E-state index contributed by atoms with van der Waals surface area (Å²) in [5.74, 6) is -0.0113. The maximum Gasteiger partial charge on any atom is 0.109 e. The number of ether oxygens (including phenoxy) is 1. The van der Waals surface area contributed by atoms with Crippen LogP contribution in [0.5, 0.6) is 0 Å². The minimum Gasteiger partial charge on any atom is -0.394 e. The molecular weight excluding hydrogens is 160 g/mol. The maximum absolute atomic E-state index is 9.50. The lowest BCUT2D eigenvalue weighted by molar-refractivity contribution is -0.174. The highest BCUT2D eigenvalue weighted by atomic mass is 16.5. The maximum atomic E-state index is 9.50. The minimum absolute atomic E-state index is 0.0113. The molecule has 12 heavy (non-hydrogen) atoms. The molecule has 0 aromatic heterocycles. The highest BCUT2D eigenvalue weighted by Crippen LogP contribution is 2.22. The van der Waals surface area contributed by atoms with Gasteiger partial charge in [-0.05, 0) is 6.42 Å². The van der Waals surface area contributed by atoms with Crippen molar-refractivity contribution in [3.05, 3.63) is 0 Å². The van der Waals surface area contributed by atoms with Crippen LogP contribution < -0.4 is 0 Å². The number of aliphatic hydroxyl groups excluding tert-OH is 3. The molecule has 0 aromatic rings. The Morgan fingerprint density at radius 1 is 1.33 bits per heavy atom. The zero-order chi connectivity index (χ0) is 9.14. The van der Waals surface area contributed by atoms with Crippen molar-refractivity contribution >= 4 is 0 Å². The van der Waals surface area contributed by atoms with Crippen LogP contribution in [0.15, 0.2) is 0 Å². The summed E-state index contributed by atoms with van der Waals surface area (Å²) in [6, 6.07) is 0. The van der Waals surface area contributed by atoms with Crippen molar-refractivity contribution in [3.8, 4) is 0 Å². The van der Waals surface area contributed by atoms with Crippen molar-refractivity contribution in [2.75, 3.05) is 13.2 Å². The summed E-state index contributed by atoms with van der Waals surface area (Å²) in [5, 5.41) is 27.6. The minimum atomic E-state index is -0.950. The highest BCUT2D eigenvalue weighted by molar-refractivity contribution is 4.85. The second kappa shape index (κ2) is 4.18. The molecule has 3 N–H and O–H groups in total. The summed E-state index contributed by atoms with van der Waals surface area (Å²) in [4.78, 5) is 0. The summed E-state index contributed by atoms with van der Waals surface area (Å²) in [5.41, 5.74) is 0. The molecule has 3 unspecified atom stereocenters. The van der Waals surface area contributed by atoms with Gasteiger partial charge in [0.15, 0.2) is 0 Å². The summed E-state index contributed by atoms with van der Waals surface area (Å²) in [6.07, 6.45) is -1.56. The van der Waals surface area contributed by atoms with Crippen LogP contribution in [0.3, 0.4) is 0 Å². The van der Waals surface area contributed by atoms with E-state index in [1.54, 1.807) is 0 Å². The van der Waals surface area contributed by atoms with Gasteiger partial charge in [-0.25, -0.2) is 0 Å². The molecule has 0 spiro atoms. The van der Waals surface area contributed by atoms with Crippen molar-refractivity contribution in [1.82, 2.24) is 0 Å². The van der Waals surface area contributed by atoms with Crippen LogP contribution >= 0.6 is 0 Å². The van der Waals surface area contributed by atoms with E-state index in [1.807, 2.05) is 6.92 Å². The molecule has 72 valence electrons. The third kappa shape index (κ3) is 1.77. The van der Waals surface area contributed by atoms with Crippen LogP contribution in [-0.4, -0.2) is 46.8 Å². The van der Waals surface area contributed by atoms with Crippen molar-refractivity contribution in [2.24, 2.45) is 5.92 Å². The first kappa shape index (κ1) is 9.92. The molecule has 1 fully saturated rings. The standard InChI is InChI=1S/C8H16O4/c1-2-5-4-12-6(3-9)8(11)7(5)10/h5-11H,2-4H2,1H3/t5?,6?,7-,8?/m1/s1. The van der Waals surface area contributed by atoms with Crippen LogP contribution in [-0.2, 0) is 4.74 Å². The fourth-order valence-electron chi connectivity index (χ4n) is 1.46. The predicted octanol–water partition coefficient (Wildman–Crippen LogP) is -0.875. The van der Waals surface area contributed by atoms with E-state index in [1.165, 1.54) is 0 Å². The second-order valence-electron chi connectivity index (χ2n) is 3.20. The molecule has 1 aliphatic rings. The molecule has 0 bridgehead atoms. The predicted molar refractivity (Wildman–Crippen MR) is 42.6 cm³/mol. The molecule has 1 rings (SSSR count). The van der Waals surface area contributed by atoms with Crippen LogP contribution in [0.1, 0.15) is 13.3 Å². The van der Waals surface area contributed by atoms with Crippen LogP contribution in [0, 0.1) is 5.92 Å². The molecular formula is C8H16O4. The largest absolute Gasteiger partial charge is 0.394 e.